The van der Waals surface area contributed by atoms with Crippen LogP contribution < -0.4 is 29.6 Å². The molecule has 116 valence electrons. The van der Waals surface area contributed by atoms with E-state index in [0.717, 1.165) is 12.8 Å². The van der Waals surface area contributed by atoms with Gasteiger partial charge in [0.2, 0.25) is 0 Å². The van der Waals surface area contributed by atoms with E-state index < -0.39 is 22.0 Å². The minimum atomic E-state index is -4.17. The van der Waals surface area contributed by atoms with Crippen molar-refractivity contribution in [1.82, 2.24) is 0 Å². The standard InChI is InChI=1S/C14H30O4S.Na/c1-3-4-5-6-7-8-9-10-11-12-14(18-2)13-19(15,16)17;/h14H,3-13H2,1-2H3,(H,15,16,17);/q;+1/p-1. The Kier molecular flexibility index (Phi) is 17.1. The van der Waals surface area contributed by atoms with E-state index in [2.05, 4.69) is 6.92 Å². The molecule has 20 heavy (non-hydrogen) atoms. The first-order valence-corrected chi connectivity index (χ1v) is 9.03. The van der Waals surface area contributed by atoms with Crippen LogP contribution in [0.5, 0.6) is 0 Å². The second-order valence-corrected chi connectivity index (χ2v) is 6.65. The third-order valence-electron chi connectivity index (χ3n) is 3.35. The van der Waals surface area contributed by atoms with Crippen molar-refractivity contribution in [3.05, 3.63) is 0 Å². The molecule has 0 aromatic carbocycles. The van der Waals surface area contributed by atoms with Gasteiger partial charge in [0.15, 0.2) is 0 Å². The van der Waals surface area contributed by atoms with Crippen molar-refractivity contribution in [1.29, 1.82) is 0 Å². The smallest absolute Gasteiger partial charge is 0.748 e. The summed E-state index contributed by atoms with van der Waals surface area (Å²) in [6.45, 7) is 2.22. The molecule has 0 bridgehead atoms. The molecule has 0 aliphatic heterocycles. The van der Waals surface area contributed by atoms with Crippen LogP contribution in [0, 0.1) is 0 Å². The van der Waals surface area contributed by atoms with Gasteiger partial charge in [0.25, 0.3) is 0 Å². The Bertz CT molecular complexity index is 294. The van der Waals surface area contributed by atoms with Crippen molar-refractivity contribution in [2.75, 3.05) is 12.9 Å². The summed E-state index contributed by atoms with van der Waals surface area (Å²) in [6.07, 6.45) is 11.2. The van der Waals surface area contributed by atoms with E-state index in [1.807, 2.05) is 0 Å². The molecule has 4 nitrogen and oxygen atoms in total. The molecule has 0 radical (unpaired) electrons. The molecule has 0 aromatic heterocycles. The molecule has 0 saturated carbocycles. The van der Waals surface area contributed by atoms with Crippen LogP contribution in [-0.2, 0) is 14.9 Å². The van der Waals surface area contributed by atoms with E-state index >= 15 is 0 Å². The summed E-state index contributed by atoms with van der Waals surface area (Å²) in [7, 11) is -2.71. The van der Waals surface area contributed by atoms with E-state index in [-0.39, 0.29) is 29.6 Å². The summed E-state index contributed by atoms with van der Waals surface area (Å²) >= 11 is 0. The van der Waals surface area contributed by atoms with Gasteiger partial charge in [0, 0.05) is 7.11 Å². The van der Waals surface area contributed by atoms with Gasteiger partial charge in [-0.05, 0) is 6.42 Å². The fraction of sp³-hybridized carbons (Fsp3) is 1.00. The molecule has 1 unspecified atom stereocenters. The van der Waals surface area contributed by atoms with Crippen molar-refractivity contribution in [2.45, 2.75) is 77.2 Å². The first-order valence-electron chi connectivity index (χ1n) is 7.46. The molecule has 1 atom stereocenters. The Balaban J connectivity index is 0. The van der Waals surface area contributed by atoms with Crippen molar-refractivity contribution < 1.29 is 47.3 Å². The molecule has 0 rings (SSSR count). The largest absolute Gasteiger partial charge is 1.00 e. The zero-order chi connectivity index (χ0) is 14.6. The predicted octanol–water partition coefficient (Wildman–Crippen LogP) is 0.472. The van der Waals surface area contributed by atoms with E-state index in [4.69, 9.17) is 4.74 Å². The van der Waals surface area contributed by atoms with Gasteiger partial charge in [-0.25, -0.2) is 8.42 Å². The number of hydrogen-bond acceptors (Lipinski definition) is 4. The summed E-state index contributed by atoms with van der Waals surface area (Å²) in [4.78, 5) is 0. The Morgan fingerprint density at radius 2 is 1.40 bits per heavy atom. The maximum absolute atomic E-state index is 10.6. The quantitative estimate of drug-likeness (QED) is 0.281. The third kappa shape index (κ3) is 16.9. The normalized spacial score (nSPS) is 12.9. The molecule has 0 aliphatic carbocycles. The molecule has 0 aliphatic rings. The molecule has 0 spiro atoms. The second-order valence-electron chi connectivity index (χ2n) is 5.20. The van der Waals surface area contributed by atoms with Crippen LogP contribution in [0.2, 0.25) is 0 Å². The van der Waals surface area contributed by atoms with Crippen LogP contribution in [0.4, 0.5) is 0 Å². The summed E-state index contributed by atoms with van der Waals surface area (Å²) in [5.74, 6) is -0.402. The maximum Gasteiger partial charge on any atom is 1.00 e. The maximum atomic E-state index is 10.6. The van der Waals surface area contributed by atoms with Gasteiger partial charge in [0.1, 0.15) is 0 Å². The number of unbranched alkanes of at least 4 members (excludes halogenated alkanes) is 8. The number of rotatable bonds is 13. The van der Waals surface area contributed by atoms with Crippen molar-refractivity contribution in [3.63, 3.8) is 0 Å². The van der Waals surface area contributed by atoms with Gasteiger partial charge < -0.3 is 9.29 Å². The summed E-state index contributed by atoms with van der Waals surface area (Å²) in [5, 5.41) is 0. The molecule has 0 aromatic rings. The van der Waals surface area contributed by atoms with Crippen molar-refractivity contribution in [2.24, 2.45) is 0 Å². The van der Waals surface area contributed by atoms with Crippen LogP contribution >= 0.6 is 0 Å². The van der Waals surface area contributed by atoms with Crippen LogP contribution in [0.15, 0.2) is 0 Å². The van der Waals surface area contributed by atoms with Crippen LogP contribution in [0.3, 0.4) is 0 Å². The van der Waals surface area contributed by atoms with Crippen LogP contribution in [0.25, 0.3) is 0 Å². The monoisotopic (exact) mass is 316 g/mol. The molecular formula is C14H29NaO4S. The average Bonchev–Trinajstić information content (AvgIpc) is 2.34. The number of ether oxygens (including phenoxy) is 1. The molecule has 0 N–H and O–H groups in total. The minimum absolute atomic E-state index is 0. The van der Waals surface area contributed by atoms with Gasteiger partial charge in [-0.15, -0.1) is 0 Å². The first-order chi connectivity index (χ1) is 8.99. The van der Waals surface area contributed by atoms with Crippen LogP contribution in [0.1, 0.15) is 71.1 Å². The van der Waals surface area contributed by atoms with Crippen molar-refractivity contribution in [3.8, 4) is 0 Å². The average molecular weight is 316 g/mol. The first kappa shape index (κ1) is 23.1. The Hall–Kier alpha value is 0.870. The number of hydrogen-bond donors (Lipinski definition) is 0. The Labute approximate surface area is 147 Å². The molecule has 6 heteroatoms. The SMILES string of the molecule is CCCCCCCCCCCC(CS(=O)(=O)[O-])OC.[Na+]. The van der Waals surface area contributed by atoms with E-state index in [1.54, 1.807) is 0 Å². The van der Waals surface area contributed by atoms with Gasteiger partial charge in [-0.1, -0.05) is 64.7 Å². The molecule has 0 fully saturated rings. The summed E-state index contributed by atoms with van der Waals surface area (Å²) in [5.41, 5.74) is 0. The predicted molar refractivity (Wildman–Crippen MR) is 77.2 cm³/mol. The fourth-order valence-corrected chi connectivity index (χ4v) is 2.94. The Morgan fingerprint density at radius 1 is 0.950 bits per heavy atom. The Morgan fingerprint density at radius 3 is 1.80 bits per heavy atom. The molecule has 0 amide bonds. The van der Waals surface area contributed by atoms with Gasteiger partial charge in [0.05, 0.1) is 22.0 Å². The van der Waals surface area contributed by atoms with E-state index in [0.29, 0.717) is 6.42 Å². The third-order valence-corrected chi connectivity index (χ3v) is 4.13. The zero-order valence-corrected chi connectivity index (χ0v) is 16.2. The minimum Gasteiger partial charge on any atom is -0.748 e. The fourth-order valence-electron chi connectivity index (χ4n) is 2.18. The summed E-state index contributed by atoms with van der Waals surface area (Å²) in [6, 6.07) is 0. The second kappa shape index (κ2) is 14.8. The van der Waals surface area contributed by atoms with E-state index in [1.165, 1.54) is 52.1 Å². The summed E-state index contributed by atoms with van der Waals surface area (Å²) < 4.78 is 36.9. The zero-order valence-electron chi connectivity index (χ0n) is 13.4. The van der Waals surface area contributed by atoms with Gasteiger partial charge >= 0.3 is 29.6 Å². The van der Waals surface area contributed by atoms with Gasteiger partial charge in [-0.2, -0.15) is 0 Å². The topological polar surface area (TPSA) is 66.4 Å². The van der Waals surface area contributed by atoms with Crippen LogP contribution in [-0.4, -0.2) is 31.9 Å². The van der Waals surface area contributed by atoms with Crippen molar-refractivity contribution >= 4 is 10.1 Å². The molecule has 0 heterocycles. The molecular weight excluding hydrogens is 287 g/mol. The van der Waals surface area contributed by atoms with Gasteiger partial charge in [-0.3, -0.25) is 0 Å². The number of methoxy groups -OCH3 is 1. The molecule has 0 saturated heterocycles. The van der Waals surface area contributed by atoms with E-state index in [9.17, 15) is 13.0 Å².